The topological polar surface area (TPSA) is 24.7 Å². The highest BCUT2D eigenvalue weighted by Crippen LogP contribution is 2.12. The maximum atomic E-state index is 4.45. The molecular weight excluding hydrogens is 220 g/mol. The Kier molecular flexibility index (Phi) is 5.90. The van der Waals surface area contributed by atoms with E-state index < -0.39 is 0 Å². The lowest BCUT2D eigenvalue weighted by atomic mass is 10.0. The van der Waals surface area contributed by atoms with Gasteiger partial charge in [0.1, 0.15) is 0 Å². The van der Waals surface area contributed by atoms with E-state index in [2.05, 4.69) is 34.5 Å². The summed E-state index contributed by atoms with van der Waals surface area (Å²) >= 11 is 0. The van der Waals surface area contributed by atoms with Crippen molar-refractivity contribution >= 4 is 11.4 Å². The van der Waals surface area contributed by atoms with Crippen molar-refractivity contribution < 1.29 is 0 Å². The Morgan fingerprint density at radius 2 is 1.11 bits per heavy atom. The van der Waals surface area contributed by atoms with Crippen molar-refractivity contribution in [1.29, 1.82) is 0 Å². The van der Waals surface area contributed by atoms with Crippen molar-refractivity contribution in [2.24, 2.45) is 10.2 Å². The summed E-state index contributed by atoms with van der Waals surface area (Å²) in [5, 5.41) is 8.89. The SMILES string of the molecule is C1=C/C(=N/N=C2/C=C\CCCCC2)CCCCC\1. The van der Waals surface area contributed by atoms with Gasteiger partial charge in [0.25, 0.3) is 0 Å². The zero-order valence-corrected chi connectivity index (χ0v) is 11.3. The Hall–Kier alpha value is -1.18. The van der Waals surface area contributed by atoms with Gasteiger partial charge in [-0.3, -0.25) is 0 Å². The molecule has 0 N–H and O–H groups in total. The van der Waals surface area contributed by atoms with Crippen molar-refractivity contribution in [3.05, 3.63) is 24.3 Å². The molecule has 0 heterocycles. The summed E-state index contributed by atoms with van der Waals surface area (Å²) in [5.74, 6) is 0. The highest BCUT2D eigenvalue weighted by molar-refractivity contribution is 5.98. The zero-order valence-electron chi connectivity index (χ0n) is 11.3. The van der Waals surface area contributed by atoms with Crippen LogP contribution in [0.1, 0.15) is 64.2 Å². The molecule has 0 saturated heterocycles. The quantitative estimate of drug-likeness (QED) is 0.591. The molecule has 98 valence electrons. The Balaban J connectivity index is 2.00. The van der Waals surface area contributed by atoms with E-state index in [1.54, 1.807) is 0 Å². The summed E-state index contributed by atoms with van der Waals surface area (Å²) < 4.78 is 0. The molecule has 0 unspecified atom stereocenters. The van der Waals surface area contributed by atoms with Crippen molar-refractivity contribution in [2.75, 3.05) is 0 Å². The van der Waals surface area contributed by atoms with E-state index >= 15 is 0 Å². The van der Waals surface area contributed by atoms with Crippen LogP contribution in [0, 0.1) is 0 Å². The summed E-state index contributed by atoms with van der Waals surface area (Å²) in [6.07, 6.45) is 21.1. The first kappa shape index (κ1) is 13.3. The predicted octanol–water partition coefficient (Wildman–Crippen LogP) is 4.82. The molecule has 0 aromatic heterocycles. The van der Waals surface area contributed by atoms with Gasteiger partial charge in [0, 0.05) is 0 Å². The normalized spacial score (nSPS) is 30.2. The lowest BCUT2D eigenvalue weighted by Crippen LogP contribution is -1.99. The number of nitrogens with zero attached hydrogens (tertiary/aromatic N) is 2. The molecule has 0 aromatic carbocycles. The number of rotatable bonds is 1. The van der Waals surface area contributed by atoms with Gasteiger partial charge in [0.15, 0.2) is 0 Å². The van der Waals surface area contributed by atoms with Gasteiger partial charge < -0.3 is 0 Å². The Bertz CT molecular complexity index is 325. The average molecular weight is 244 g/mol. The second-order valence-corrected chi connectivity index (χ2v) is 5.19. The van der Waals surface area contributed by atoms with Crippen LogP contribution in [0.2, 0.25) is 0 Å². The van der Waals surface area contributed by atoms with E-state index in [-0.39, 0.29) is 0 Å². The second-order valence-electron chi connectivity index (χ2n) is 5.19. The highest BCUT2D eigenvalue weighted by Gasteiger charge is 2.01. The van der Waals surface area contributed by atoms with Crippen LogP contribution in [-0.2, 0) is 0 Å². The van der Waals surface area contributed by atoms with Crippen molar-refractivity contribution in [1.82, 2.24) is 0 Å². The van der Waals surface area contributed by atoms with Gasteiger partial charge in [0.05, 0.1) is 11.4 Å². The first-order chi connectivity index (χ1) is 8.95. The molecule has 0 spiro atoms. The Morgan fingerprint density at radius 1 is 0.611 bits per heavy atom. The third-order valence-electron chi connectivity index (χ3n) is 3.53. The van der Waals surface area contributed by atoms with Crippen molar-refractivity contribution in [3.63, 3.8) is 0 Å². The molecule has 2 aliphatic carbocycles. The van der Waals surface area contributed by atoms with Crippen LogP contribution in [0.5, 0.6) is 0 Å². The molecule has 2 rings (SSSR count). The molecule has 0 radical (unpaired) electrons. The van der Waals surface area contributed by atoms with Gasteiger partial charge in [-0.1, -0.05) is 25.0 Å². The lowest BCUT2D eigenvalue weighted by Gasteiger charge is -2.06. The monoisotopic (exact) mass is 244 g/mol. The van der Waals surface area contributed by atoms with E-state index in [0.717, 1.165) is 24.3 Å². The lowest BCUT2D eigenvalue weighted by molar-refractivity contribution is 0.698. The summed E-state index contributed by atoms with van der Waals surface area (Å²) in [6.45, 7) is 0. The average Bonchev–Trinajstić information content (AvgIpc) is 2.29. The molecule has 0 saturated carbocycles. The van der Waals surface area contributed by atoms with Crippen LogP contribution in [0.25, 0.3) is 0 Å². The molecule has 0 atom stereocenters. The fourth-order valence-corrected chi connectivity index (χ4v) is 2.39. The molecule has 0 amide bonds. The number of allylic oxidation sites excluding steroid dienone is 4. The van der Waals surface area contributed by atoms with E-state index in [0.29, 0.717) is 0 Å². The summed E-state index contributed by atoms with van der Waals surface area (Å²) in [4.78, 5) is 0. The fourth-order valence-electron chi connectivity index (χ4n) is 2.39. The summed E-state index contributed by atoms with van der Waals surface area (Å²) in [5.41, 5.74) is 2.30. The largest absolute Gasteiger partial charge is 0.155 e. The molecular formula is C16H24N2. The van der Waals surface area contributed by atoms with Gasteiger partial charge in [0.2, 0.25) is 0 Å². The van der Waals surface area contributed by atoms with Gasteiger partial charge >= 0.3 is 0 Å². The first-order valence-electron chi connectivity index (χ1n) is 7.41. The minimum atomic E-state index is 1.08. The van der Waals surface area contributed by atoms with Crippen LogP contribution >= 0.6 is 0 Å². The number of hydrogen-bond acceptors (Lipinski definition) is 2. The van der Waals surface area contributed by atoms with E-state index in [1.807, 2.05) is 0 Å². The summed E-state index contributed by atoms with van der Waals surface area (Å²) in [7, 11) is 0. The van der Waals surface area contributed by atoms with Gasteiger partial charge in [-0.15, -0.1) is 0 Å². The first-order valence-corrected chi connectivity index (χ1v) is 7.41. The maximum Gasteiger partial charge on any atom is 0.0627 e. The predicted molar refractivity (Wildman–Crippen MR) is 79.3 cm³/mol. The van der Waals surface area contributed by atoms with E-state index in [9.17, 15) is 0 Å². The van der Waals surface area contributed by atoms with Crippen molar-refractivity contribution in [2.45, 2.75) is 64.2 Å². The van der Waals surface area contributed by atoms with Crippen LogP contribution in [0.15, 0.2) is 34.5 Å². The molecule has 0 aliphatic heterocycles. The van der Waals surface area contributed by atoms with Crippen LogP contribution in [0.4, 0.5) is 0 Å². The Labute approximate surface area is 111 Å². The fraction of sp³-hybridized carbons (Fsp3) is 0.625. The highest BCUT2D eigenvalue weighted by atomic mass is 15.2. The third kappa shape index (κ3) is 4.99. The standard InChI is InChI=1S/C16H24N2/c1-3-7-11-15(12-8-4-1)17-18-16-13-9-5-2-6-10-14-16/h7,9,11,13H,1-6,8,10,12,14H2/b11-7-,13-9-,17-15-,18-16-. The molecule has 2 nitrogen and oxygen atoms in total. The molecule has 0 fully saturated rings. The van der Waals surface area contributed by atoms with Crippen LogP contribution < -0.4 is 0 Å². The second kappa shape index (κ2) is 8.02. The molecule has 0 bridgehead atoms. The number of hydrogen-bond donors (Lipinski definition) is 0. The molecule has 0 aromatic rings. The summed E-state index contributed by atoms with van der Waals surface area (Å²) in [6, 6.07) is 0. The minimum absolute atomic E-state index is 1.08. The maximum absolute atomic E-state index is 4.45. The molecule has 2 aliphatic rings. The third-order valence-corrected chi connectivity index (χ3v) is 3.53. The van der Waals surface area contributed by atoms with Gasteiger partial charge in [-0.25, -0.2) is 0 Å². The van der Waals surface area contributed by atoms with E-state index in [4.69, 9.17) is 0 Å². The molecule has 18 heavy (non-hydrogen) atoms. The van der Waals surface area contributed by atoms with Crippen LogP contribution in [-0.4, -0.2) is 11.4 Å². The van der Waals surface area contributed by atoms with Gasteiger partial charge in [-0.05, 0) is 63.5 Å². The van der Waals surface area contributed by atoms with E-state index in [1.165, 1.54) is 51.4 Å². The Morgan fingerprint density at radius 3 is 1.61 bits per heavy atom. The smallest absolute Gasteiger partial charge is 0.0627 e. The van der Waals surface area contributed by atoms with Crippen LogP contribution in [0.3, 0.4) is 0 Å². The molecule has 2 heteroatoms. The van der Waals surface area contributed by atoms with Gasteiger partial charge in [-0.2, -0.15) is 10.2 Å². The zero-order chi connectivity index (χ0) is 12.5. The van der Waals surface area contributed by atoms with Crippen molar-refractivity contribution in [3.8, 4) is 0 Å². The minimum Gasteiger partial charge on any atom is -0.155 e.